The molecule has 1 saturated carbocycles. The van der Waals surface area contributed by atoms with Crippen molar-refractivity contribution in [2.45, 2.75) is 31.7 Å². The van der Waals surface area contributed by atoms with Gasteiger partial charge in [-0.2, -0.15) is 0 Å². The van der Waals surface area contributed by atoms with E-state index < -0.39 is 0 Å². The van der Waals surface area contributed by atoms with Crippen molar-refractivity contribution in [3.05, 3.63) is 35.4 Å². The average molecular weight is 233 g/mol. The van der Waals surface area contributed by atoms with E-state index in [1.165, 1.54) is 32.8 Å². The van der Waals surface area contributed by atoms with Gasteiger partial charge < -0.3 is 10.5 Å². The van der Waals surface area contributed by atoms with Crippen LogP contribution in [0.25, 0.3) is 0 Å². The first-order chi connectivity index (χ1) is 8.22. The fourth-order valence-corrected chi connectivity index (χ4v) is 2.55. The van der Waals surface area contributed by atoms with Crippen LogP contribution < -0.4 is 5.73 Å². The van der Waals surface area contributed by atoms with E-state index in [4.69, 9.17) is 5.73 Å². The Kier molecular flexibility index (Phi) is 3.79. The first-order valence-electron chi connectivity index (χ1n) is 6.16. The van der Waals surface area contributed by atoms with Crippen molar-refractivity contribution >= 4 is 5.97 Å². The minimum Gasteiger partial charge on any atom is -0.465 e. The Morgan fingerprint density at radius 3 is 2.41 bits per heavy atom. The second kappa shape index (κ2) is 5.32. The van der Waals surface area contributed by atoms with E-state index in [0.29, 0.717) is 11.5 Å². The third-order valence-electron chi connectivity index (χ3n) is 3.62. The molecule has 0 radical (unpaired) electrons. The van der Waals surface area contributed by atoms with Crippen LogP contribution in [0.4, 0.5) is 0 Å². The number of carbonyl (C=O) groups excluding carboxylic acids is 1. The van der Waals surface area contributed by atoms with Crippen molar-refractivity contribution in [2.24, 2.45) is 11.7 Å². The van der Waals surface area contributed by atoms with Crippen molar-refractivity contribution in [1.29, 1.82) is 0 Å². The van der Waals surface area contributed by atoms with Gasteiger partial charge in [-0.3, -0.25) is 0 Å². The van der Waals surface area contributed by atoms with E-state index in [2.05, 4.69) is 4.74 Å². The molecule has 1 aromatic rings. The van der Waals surface area contributed by atoms with E-state index in [1.54, 1.807) is 12.1 Å². The first-order valence-corrected chi connectivity index (χ1v) is 6.16. The molecule has 0 heterocycles. The van der Waals surface area contributed by atoms with Crippen LogP contribution in [0.5, 0.6) is 0 Å². The molecule has 0 spiro atoms. The second-order valence-corrected chi connectivity index (χ2v) is 4.68. The van der Waals surface area contributed by atoms with E-state index in [-0.39, 0.29) is 12.0 Å². The summed E-state index contributed by atoms with van der Waals surface area (Å²) in [7, 11) is 1.39. The predicted molar refractivity (Wildman–Crippen MR) is 66.7 cm³/mol. The quantitative estimate of drug-likeness (QED) is 0.816. The van der Waals surface area contributed by atoms with Gasteiger partial charge >= 0.3 is 5.97 Å². The normalized spacial score (nSPS) is 18.0. The zero-order valence-electron chi connectivity index (χ0n) is 10.2. The standard InChI is InChI=1S/C14H19NO2/c1-17-14(16)12-8-6-11(7-9-12)13(15)10-4-2-3-5-10/h6-10,13H,2-5,15H2,1H3/t13-/m1/s1. The molecule has 92 valence electrons. The zero-order chi connectivity index (χ0) is 12.3. The molecule has 1 fully saturated rings. The van der Waals surface area contributed by atoms with Gasteiger partial charge in [0.25, 0.3) is 0 Å². The van der Waals surface area contributed by atoms with Crippen molar-refractivity contribution < 1.29 is 9.53 Å². The van der Waals surface area contributed by atoms with Gasteiger partial charge in [-0.1, -0.05) is 25.0 Å². The molecule has 2 N–H and O–H groups in total. The Bertz CT molecular complexity index is 380. The summed E-state index contributed by atoms with van der Waals surface area (Å²) in [5, 5.41) is 0. The molecule has 17 heavy (non-hydrogen) atoms. The highest BCUT2D eigenvalue weighted by molar-refractivity contribution is 5.89. The maximum atomic E-state index is 11.3. The number of carbonyl (C=O) groups is 1. The topological polar surface area (TPSA) is 52.3 Å². The summed E-state index contributed by atoms with van der Waals surface area (Å²) in [5.74, 6) is 0.296. The highest BCUT2D eigenvalue weighted by atomic mass is 16.5. The number of ether oxygens (including phenoxy) is 1. The van der Waals surface area contributed by atoms with Crippen LogP contribution in [0.2, 0.25) is 0 Å². The largest absolute Gasteiger partial charge is 0.465 e. The summed E-state index contributed by atoms with van der Waals surface area (Å²) >= 11 is 0. The molecule has 0 saturated heterocycles. The highest BCUT2D eigenvalue weighted by Crippen LogP contribution is 2.34. The van der Waals surface area contributed by atoms with Gasteiger partial charge in [-0.05, 0) is 36.5 Å². The Morgan fingerprint density at radius 1 is 1.29 bits per heavy atom. The van der Waals surface area contributed by atoms with Gasteiger partial charge in [-0.15, -0.1) is 0 Å². The van der Waals surface area contributed by atoms with Gasteiger partial charge in [0.15, 0.2) is 0 Å². The van der Waals surface area contributed by atoms with Gasteiger partial charge in [0.05, 0.1) is 12.7 Å². The van der Waals surface area contributed by atoms with Crippen LogP contribution in [-0.4, -0.2) is 13.1 Å². The summed E-state index contributed by atoms with van der Waals surface area (Å²) in [5.41, 5.74) is 7.94. The molecule has 0 aliphatic heterocycles. The van der Waals surface area contributed by atoms with Crippen LogP contribution >= 0.6 is 0 Å². The van der Waals surface area contributed by atoms with E-state index in [9.17, 15) is 4.79 Å². The molecule has 1 atom stereocenters. The minimum atomic E-state index is -0.300. The molecule has 1 aliphatic carbocycles. The lowest BCUT2D eigenvalue weighted by molar-refractivity contribution is 0.0600. The third kappa shape index (κ3) is 2.67. The Balaban J connectivity index is 2.09. The molecule has 0 aromatic heterocycles. The summed E-state index contributed by atoms with van der Waals surface area (Å²) in [4.78, 5) is 11.3. The number of rotatable bonds is 3. The van der Waals surface area contributed by atoms with E-state index >= 15 is 0 Å². The Hall–Kier alpha value is -1.35. The smallest absolute Gasteiger partial charge is 0.337 e. The van der Waals surface area contributed by atoms with Crippen LogP contribution in [0.1, 0.15) is 47.6 Å². The molecule has 1 aromatic carbocycles. The van der Waals surface area contributed by atoms with Gasteiger partial charge in [-0.25, -0.2) is 4.79 Å². The number of hydrogen-bond donors (Lipinski definition) is 1. The number of hydrogen-bond acceptors (Lipinski definition) is 3. The molecule has 0 unspecified atom stereocenters. The molecule has 3 heteroatoms. The fraction of sp³-hybridized carbons (Fsp3) is 0.500. The third-order valence-corrected chi connectivity index (χ3v) is 3.62. The molecular weight excluding hydrogens is 214 g/mol. The summed E-state index contributed by atoms with van der Waals surface area (Å²) in [6, 6.07) is 7.56. The lowest BCUT2D eigenvalue weighted by atomic mass is 9.92. The maximum absolute atomic E-state index is 11.3. The Labute approximate surface area is 102 Å². The van der Waals surface area contributed by atoms with Crippen LogP contribution in [0.15, 0.2) is 24.3 Å². The fourth-order valence-electron chi connectivity index (χ4n) is 2.55. The average Bonchev–Trinajstić information content (AvgIpc) is 2.91. The van der Waals surface area contributed by atoms with Crippen molar-refractivity contribution in [2.75, 3.05) is 7.11 Å². The van der Waals surface area contributed by atoms with Crippen LogP contribution in [0, 0.1) is 5.92 Å². The second-order valence-electron chi connectivity index (χ2n) is 4.68. The summed E-state index contributed by atoms with van der Waals surface area (Å²) in [6.07, 6.45) is 5.02. The van der Waals surface area contributed by atoms with Crippen LogP contribution in [0.3, 0.4) is 0 Å². The molecule has 0 amide bonds. The molecule has 2 rings (SSSR count). The zero-order valence-corrected chi connectivity index (χ0v) is 10.2. The molecule has 0 bridgehead atoms. The summed E-state index contributed by atoms with van der Waals surface area (Å²) in [6.45, 7) is 0. The van der Waals surface area contributed by atoms with Crippen molar-refractivity contribution in [3.8, 4) is 0 Å². The van der Waals surface area contributed by atoms with E-state index in [0.717, 1.165) is 5.56 Å². The van der Waals surface area contributed by atoms with Crippen molar-refractivity contribution in [1.82, 2.24) is 0 Å². The number of methoxy groups -OCH3 is 1. The van der Waals surface area contributed by atoms with Gasteiger partial charge in [0.2, 0.25) is 0 Å². The lowest BCUT2D eigenvalue weighted by Crippen LogP contribution is -2.19. The Morgan fingerprint density at radius 2 is 1.88 bits per heavy atom. The SMILES string of the molecule is COC(=O)c1ccc([C@H](N)C2CCCC2)cc1. The number of benzene rings is 1. The minimum absolute atomic E-state index is 0.101. The summed E-state index contributed by atoms with van der Waals surface area (Å²) < 4.78 is 4.67. The number of esters is 1. The number of nitrogens with two attached hydrogens (primary N) is 1. The monoisotopic (exact) mass is 233 g/mol. The lowest BCUT2D eigenvalue weighted by Gasteiger charge is -2.19. The molecule has 3 nitrogen and oxygen atoms in total. The van der Waals surface area contributed by atoms with Gasteiger partial charge in [0.1, 0.15) is 0 Å². The molecular formula is C14H19NO2. The van der Waals surface area contributed by atoms with E-state index in [1.807, 2.05) is 12.1 Å². The first kappa shape index (κ1) is 12.1. The van der Waals surface area contributed by atoms with Gasteiger partial charge in [0, 0.05) is 6.04 Å². The molecule has 1 aliphatic rings. The van der Waals surface area contributed by atoms with Crippen LogP contribution in [-0.2, 0) is 4.74 Å². The predicted octanol–water partition coefficient (Wildman–Crippen LogP) is 2.66. The highest BCUT2D eigenvalue weighted by Gasteiger charge is 2.23. The maximum Gasteiger partial charge on any atom is 0.337 e. The van der Waals surface area contributed by atoms with Crippen molar-refractivity contribution in [3.63, 3.8) is 0 Å².